The van der Waals surface area contributed by atoms with Crippen LogP contribution in [0.5, 0.6) is 0 Å². The van der Waals surface area contributed by atoms with Gasteiger partial charge in [-0.15, -0.1) is 0 Å². The topological polar surface area (TPSA) is 27.7 Å². The van der Waals surface area contributed by atoms with Crippen LogP contribution in [0.15, 0.2) is 0 Å². The standard InChI is InChI=1S/C32H63O3P/c1-15-33-36(34-28-22(4)17-24(16-21(2)3)19-26(28)31(9,10)11)35-29-23(5)18-25(30(6,7)8)20-27(29)32(12,13)14/h21-29H,15-20H2,1-14H3. The van der Waals surface area contributed by atoms with Gasteiger partial charge in [0.25, 0.3) is 0 Å². The second kappa shape index (κ2) is 12.7. The summed E-state index contributed by atoms with van der Waals surface area (Å²) in [5.74, 6) is 4.30. The Labute approximate surface area is 227 Å². The van der Waals surface area contributed by atoms with Gasteiger partial charge >= 0.3 is 8.60 Å². The fraction of sp³-hybridized carbons (Fsp3) is 1.00. The molecule has 2 aliphatic rings. The summed E-state index contributed by atoms with van der Waals surface area (Å²) in [5.41, 5.74) is 0.716. The predicted molar refractivity (Wildman–Crippen MR) is 157 cm³/mol. The molecular weight excluding hydrogens is 463 g/mol. The Hall–Kier alpha value is 0.310. The van der Waals surface area contributed by atoms with Gasteiger partial charge in [-0.25, -0.2) is 0 Å². The fourth-order valence-electron chi connectivity index (χ4n) is 7.17. The van der Waals surface area contributed by atoms with Gasteiger partial charge in [0.1, 0.15) is 0 Å². The molecule has 4 heteroatoms. The minimum atomic E-state index is -1.38. The summed E-state index contributed by atoms with van der Waals surface area (Å²) >= 11 is 0. The highest BCUT2D eigenvalue weighted by molar-refractivity contribution is 7.41. The smallest absolute Gasteiger partial charge is 0.313 e. The summed E-state index contributed by atoms with van der Waals surface area (Å²) < 4.78 is 20.2. The van der Waals surface area contributed by atoms with Crippen LogP contribution in [0.4, 0.5) is 0 Å². The zero-order valence-electron chi connectivity index (χ0n) is 26.6. The maximum Gasteiger partial charge on any atom is 0.333 e. The summed E-state index contributed by atoms with van der Waals surface area (Å²) in [7, 11) is -1.38. The number of rotatable bonds is 8. The van der Waals surface area contributed by atoms with E-state index < -0.39 is 8.60 Å². The van der Waals surface area contributed by atoms with Crippen LogP contribution < -0.4 is 0 Å². The van der Waals surface area contributed by atoms with Crippen LogP contribution in [-0.4, -0.2) is 18.8 Å². The van der Waals surface area contributed by atoms with Crippen molar-refractivity contribution in [3.8, 4) is 0 Å². The Morgan fingerprint density at radius 3 is 1.58 bits per heavy atom. The molecular formula is C32H63O3P. The van der Waals surface area contributed by atoms with E-state index in [4.69, 9.17) is 13.6 Å². The molecule has 0 aromatic carbocycles. The average molecular weight is 527 g/mol. The largest absolute Gasteiger partial charge is 0.333 e. The maximum atomic E-state index is 6.97. The SMILES string of the molecule is CCOP(OC1C(C)CC(CC(C)C)CC1C(C)(C)C)OC1C(C)CC(C(C)(C)C)CC1C(C)(C)C. The van der Waals surface area contributed by atoms with Crippen LogP contribution >= 0.6 is 8.60 Å². The van der Waals surface area contributed by atoms with Gasteiger partial charge in [0.15, 0.2) is 0 Å². The van der Waals surface area contributed by atoms with Crippen LogP contribution in [0.2, 0.25) is 0 Å². The van der Waals surface area contributed by atoms with E-state index in [1.807, 2.05) is 0 Å². The molecule has 0 amide bonds. The highest BCUT2D eigenvalue weighted by atomic mass is 31.2. The van der Waals surface area contributed by atoms with Crippen molar-refractivity contribution in [1.82, 2.24) is 0 Å². The Bertz CT molecular complexity index is 656. The van der Waals surface area contributed by atoms with Gasteiger partial charge in [0.05, 0.1) is 18.8 Å². The monoisotopic (exact) mass is 526 g/mol. The lowest BCUT2D eigenvalue weighted by Crippen LogP contribution is -2.46. The average Bonchev–Trinajstić information content (AvgIpc) is 2.68. The van der Waals surface area contributed by atoms with Crippen molar-refractivity contribution in [3.05, 3.63) is 0 Å². The van der Waals surface area contributed by atoms with Gasteiger partial charge < -0.3 is 13.6 Å². The van der Waals surface area contributed by atoms with E-state index in [1.165, 1.54) is 32.1 Å². The third-order valence-electron chi connectivity index (χ3n) is 9.31. The van der Waals surface area contributed by atoms with Crippen LogP contribution in [0, 0.1) is 57.7 Å². The number of hydrogen-bond donors (Lipinski definition) is 0. The zero-order valence-corrected chi connectivity index (χ0v) is 27.5. The van der Waals surface area contributed by atoms with E-state index in [9.17, 15) is 0 Å². The van der Waals surface area contributed by atoms with Crippen LogP contribution in [0.25, 0.3) is 0 Å². The summed E-state index contributed by atoms with van der Waals surface area (Å²) in [6.45, 7) is 33.8. The van der Waals surface area contributed by atoms with Crippen molar-refractivity contribution in [3.63, 3.8) is 0 Å². The van der Waals surface area contributed by atoms with Crippen molar-refractivity contribution in [1.29, 1.82) is 0 Å². The molecule has 0 aromatic rings. The van der Waals surface area contributed by atoms with E-state index in [2.05, 4.69) is 96.9 Å². The molecule has 0 aromatic heterocycles. The molecule has 0 N–H and O–H groups in total. The molecule has 0 saturated heterocycles. The molecule has 2 saturated carbocycles. The van der Waals surface area contributed by atoms with E-state index in [1.54, 1.807) is 0 Å². The Kier molecular flexibility index (Phi) is 11.4. The lowest BCUT2D eigenvalue weighted by Gasteiger charge is -2.50. The molecule has 0 spiro atoms. The maximum absolute atomic E-state index is 6.97. The van der Waals surface area contributed by atoms with Crippen molar-refractivity contribution >= 4 is 8.60 Å². The molecule has 2 aliphatic carbocycles. The van der Waals surface area contributed by atoms with Gasteiger partial charge in [-0.1, -0.05) is 90.0 Å². The molecule has 2 rings (SSSR count). The minimum absolute atomic E-state index is 0.182. The first kappa shape index (κ1) is 32.5. The normalized spacial score (nSPS) is 35.8. The number of hydrogen-bond acceptors (Lipinski definition) is 3. The molecule has 214 valence electrons. The van der Waals surface area contributed by atoms with Gasteiger partial charge in [-0.3, -0.25) is 0 Å². The zero-order chi connectivity index (χ0) is 27.6. The molecule has 0 aliphatic heterocycles. The lowest BCUT2D eigenvalue weighted by molar-refractivity contribution is -0.0777. The lowest BCUT2D eigenvalue weighted by atomic mass is 9.59. The summed E-state index contributed by atoms with van der Waals surface area (Å²) in [6, 6.07) is 0. The third-order valence-corrected chi connectivity index (χ3v) is 10.6. The second-order valence-electron chi connectivity index (χ2n) is 16.2. The minimum Gasteiger partial charge on any atom is -0.313 e. The molecule has 0 radical (unpaired) electrons. The first-order valence-corrected chi connectivity index (χ1v) is 16.2. The molecule has 2 fully saturated rings. The van der Waals surface area contributed by atoms with Crippen LogP contribution in [0.1, 0.15) is 129 Å². The van der Waals surface area contributed by atoms with Crippen LogP contribution in [0.3, 0.4) is 0 Å². The Morgan fingerprint density at radius 1 is 0.694 bits per heavy atom. The fourth-order valence-corrected chi connectivity index (χ4v) is 8.65. The van der Waals surface area contributed by atoms with Crippen molar-refractivity contribution in [2.24, 2.45) is 57.7 Å². The van der Waals surface area contributed by atoms with E-state index in [-0.39, 0.29) is 23.0 Å². The summed E-state index contributed by atoms with van der Waals surface area (Å²) in [5, 5.41) is 0. The van der Waals surface area contributed by atoms with E-state index >= 15 is 0 Å². The van der Waals surface area contributed by atoms with Gasteiger partial charge in [0.2, 0.25) is 0 Å². The van der Waals surface area contributed by atoms with E-state index in [0.717, 1.165) is 17.8 Å². The summed E-state index contributed by atoms with van der Waals surface area (Å²) in [4.78, 5) is 0. The Morgan fingerprint density at radius 2 is 1.17 bits per heavy atom. The first-order chi connectivity index (χ1) is 16.3. The van der Waals surface area contributed by atoms with Crippen molar-refractivity contribution in [2.45, 2.75) is 141 Å². The van der Waals surface area contributed by atoms with Gasteiger partial charge in [0, 0.05) is 0 Å². The molecule has 9 atom stereocenters. The predicted octanol–water partition coefficient (Wildman–Crippen LogP) is 10.5. The molecule has 0 bridgehead atoms. The van der Waals surface area contributed by atoms with Crippen LogP contribution in [-0.2, 0) is 13.6 Å². The highest BCUT2D eigenvalue weighted by Gasteiger charge is 2.48. The Balaban J connectivity index is 2.26. The van der Waals surface area contributed by atoms with E-state index in [0.29, 0.717) is 35.7 Å². The molecule has 0 heterocycles. The molecule has 3 nitrogen and oxygen atoms in total. The molecule has 36 heavy (non-hydrogen) atoms. The van der Waals surface area contributed by atoms with Crippen molar-refractivity contribution < 1.29 is 13.6 Å². The molecule has 9 unspecified atom stereocenters. The van der Waals surface area contributed by atoms with Gasteiger partial charge in [-0.2, -0.15) is 0 Å². The van der Waals surface area contributed by atoms with Crippen molar-refractivity contribution in [2.75, 3.05) is 6.61 Å². The highest BCUT2D eigenvalue weighted by Crippen LogP contribution is 2.56. The van der Waals surface area contributed by atoms with Gasteiger partial charge in [-0.05, 0) is 96.7 Å². The summed E-state index contributed by atoms with van der Waals surface area (Å²) in [6.07, 6.45) is 6.65. The second-order valence-corrected chi connectivity index (χ2v) is 17.3. The third kappa shape index (κ3) is 8.93. The first-order valence-electron chi connectivity index (χ1n) is 15.1. The quantitative estimate of drug-likeness (QED) is 0.294.